The zero-order valence-corrected chi connectivity index (χ0v) is 13.4. The van der Waals surface area contributed by atoms with Gasteiger partial charge < -0.3 is 10.2 Å². The van der Waals surface area contributed by atoms with E-state index in [9.17, 15) is 18.0 Å². The van der Waals surface area contributed by atoms with E-state index in [0.29, 0.717) is 11.3 Å². The summed E-state index contributed by atoms with van der Waals surface area (Å²) >= 11 is 0. The topological polar surface area (TPSA) is 58.1 Å². The van der Waals surface area contributed by atoms with Crippen LogP contribution in [0.3, 0.4) is 0 Å². The summed E-state index contributed by atoms with van der Waals surface area (Å²) < 4.78 is 36.7. The molecule has 0 radical (unpaired) electrons. The van der Waals surface area contributed by atoms with Gasteiger partial charge in [-0.05, 0) is 43.5 Å². The van der Waals surface area contributed by atoms with Crippen molar-refractivity contribution in [3.05, 3.63) is 36.4 Å². The van der Waals surface area contributed by atoms with Gasteiger partial charge in [-0.2, -0.15) is 13.2 Å². The molecule has 1 N–H and O–H groups in total. The van der Waals surface area contributed by atoms with E-state index < -0.39 is 12.1 Å². The van der Waals surface area contributed by atoms with Gasteiger partial charge in [0, 0.05) is 24.3 Å². The minimum Gasteiger partial charge on any atom is -0.355 e. The fourth-order valence-corrected chi connectivity index (χ4v) is 2.70. The number of halogens is 3. The number of anilines is 2. The van der Waals surface area contributed by atoms with E-state index in [-0.39, 0.29) is 5.69 Å². The molecule has 0 unspecified atom stereocenters. The second-order valence-corrected chi connectivity index (χ2v) is 5.85. The zero-order valence-electron chi connectivity index (χ0n) is 13.4. The van der Waals surface area contributed by atoms with Gasteiger partial charge in [0.1, 0.15) is 0 Å². The molecule has 1 aromatic heterocycles. The van der Waals surface area contributed by atoms with Gasteiger partial charge in [-0.25, -0.2) is 0 Å². The van der Waals surface area contributed by atoms with Crippen LogP contribution in [0, 0.1) is 0 Å². The third kappa shape index (κ3) is 4.26. The maximum absolute atomic E-state index is 12.2. The maximum atomic E-state index is 12.2. The standard InChI is InChI=1S/C17H17F3N4O/c18-17(19,20)16(25)21-13-6-4-12(5-7-13)14-8-9-15(23-22-14)24-10-2-1-3-11-24/h4-9H,1-3,10-11H2,(H,21,25). The van der Waals surface area contributed by atoms with E-state index in [4.69, 9.17) is 0 Å². The number of nitrogens with one attached hydrogen (secondary N) is 1. The number of hydrogen-bond acceptors (Lipinski definition) is 4. The number of hydrogen-bond donors (Lipinski definition) is 1. The number of carbonyl (C=O) groups is 1. The van der Waals surface area contributed by atoms with Crippen molar-refractivity contribution in [1.82, 2.24) is 10.2 Å². The summed E-state index contributed by atoms with van der Waals surface area (Å²) in [5.74, 6) is -1.16. The smallest absolute Gasteiger partial charge is 0.355 e. The summed E-state index contributed by atoms with van der Waals surface area (Å²) in [7, 11) is 0. The summed E-state index contributed by atoms with van der Waals surface area (Å²) in [6, 6.07) is 9.72. The number of nitrogens with zero attached hydrogens (tertiary/aromatic N) is 3. The molecule has 0 bridgehead atoms. The average Bonchev–Trinajstić information content (AvgIpc) is 2.62. The molecule has 0 spiro atoms. The summed E-state index contributed by atoms with van der Waals surface area (Å²) in [6.07, 6.45) is -1.38. The highest BCUT2D eigenvalue weighted by molar-refractivity contribution is 5.95. The van der Waals surface area contributed by atoms with Crippen LogP contribution in [-0.2, 0) is 4.79 Å². The van der Waals surface area contributed by atoms with Crippen molar-refractivity contribution in [2.75, 3.05) is 23.3 Å². The SMILES string of the molecule is O=C(Nc1ccc(-c2ccc(N3CCCCC3)nn2)cc1)C(F)(F)F. The maximum Gasteiger partial charge on any atom is 0.471 e. The van der Waals surface area contributed by atoms with Gasteiger partial charge >= 0.3 is 12.1 Å². The first-order valence-electron chi connectivity index (χ1n) is 8.01. The minimum atomic E-state index is -4.91. The molecule has 5 nitrogen and oxygen atoms in total. The molecule has 3 rings (SSSR count). The largest absolute Gasteiger partial charge is 0.471 e. The van der Waals surface area contributed by atoms with E-state index in [1.165, 1.54) is 18.6 Å². The van der Waals surface area contributed by atoms with Crippen molar-refractivity contribution in [1.29, 1.82) is 0 Å². The van der Waals surface area contributed by atoms with Crippen LogP contribution in [0.4, 0.5) is 24.7 Å². The first-order valence-corrected chi connectivity index (χ1v) is 8.01. The van der Waals surface area contributed by atoms with E-state index in [1.54, 1.807) is 17.4 Å². The van der Waals surface area contributed by atoms with Crippen LogP contribution in [0.25, 0.3) is 11.3 Å². The van der Waals surface area contributed by atoms with Crippen molar-refractivity contribution in [2.24, 2.45) is 0 Å². The number of piperidine rings is 1. The first kappa shape index (κ1) is 17.2. The lowest BCUT2D eigenvalue weighted by Crippen LogP contribution is -2.30. The number of benzene rings is 1. The molecular weight excluding hydrogens is 333 g/mol. The van der Waals surface area contributed by atoms with Crippen molar-refractivity contribution in [3.63, 3.8) is 0 Å². The third-order valence-corrected chi connectivity index (χ3v) is 4.03. The normalized spacial score (nSPS) is 15.1. The van der Waals surface area contributed by atoms with E-state index in [2.05, 4.69) is 15.1 Å². The Bertz CT molecular complexity index is 723. The van der Waals surface area contributed by atoms with Crippen LogP contribution >= 0.6 is 0 Å². The van der Waals surface area contributed by atoms with Crippen LogP contribution in [0.2, 0.25) is 0 Å². The lowest BCUT2D eigenvalue weighted by atomic mass is 10.1. The monoisotopic (exact) mass is 350 g/mol. The molecule has 1 aliphatic rings. The Balaban J connectivity index is 1.68. The van der Waals surface area contributed by atoms with Crippen LogP contribution < -0.4 is 10.2 Å². The summed E-state index contributed by atoms with van der Waals surface area (Å²) in [6.45, 7) is 1.95. The summed E-state index contributed by atoms with van der Waals surface area (Å²) in [5.41, 5.74) is 1.40. The molecule has 1 aromatic carbocycles. The van der Waals surface area contributed by atoms with Gasteiger partial charge in [0.05, 0.1) is 5.69 Å². The van der Waals surface area contributed by atoms with Gasteiger partial charge in [0.25, 0.3) is 0 Å². The Morgan fingerprint density at radius 1 is 0.960 bits per heavy atom. The fourth-order valence-electron chi connectivity index (χ4n) is 2.70. The Morgan fingerprint density at radius 3 is 2.20 bits per heavy atom. The van der Waals surface area contributed by atoms with E-state index in [0.717, 1.165) is 31.7 Å². The lowest BCUT2D eigenvalue weighted by Gasteiger charge is -2.27. The first-order chi connectivity index (χ1) is 11.9. The van der Waals surface area contributed by atoms with Crippen molar-refractivity contribution in [3.8, 4) is 11.3 Å². The molecule has 132 valence electrons. The molecule has 8 heteroatoms. The van der Waals surface area contributed by atoms with E-state index in [1.807, 2.05) is 12.1 Å². The van der Waals surface area contributed by atoms with E-state index >= 15 is 0 Å². The molecule has 25 heavy (non-hydrogen) atoms. The van der Waals surface area contributed by atoms with Gasteiger partial charge in [-0.15, -0.1) is 10.2 Å². The Hall–Kier alpha value is -2.64. The lowest BCUT2D eigenvalue weighted by molar-refractivity contribution is -0.167. The highest BCUT2D eigenvalue weighted by Gasteiger charge is 2.38. The molecule has 1 fully saturated rings. The molecule has 0 saturated carbocycles. The molecule has 2 aromatic rings. The van der Waals surface area contributed by atoms with Crippen LogP contribution in [0.15, 0.2) is 36.4 Å². The average molecular weight is 350 g/mol. The van der Waals surface area contributed by atoms with Crippen molar-refractivity contribution < 1.29 is 18.0 Å². The van der Waals surface area contributed by atoms with Crippen LogP contribution in [0.1, 0.15) is 19.3 Å². The second-order valence-electron chi connectivity index (χ2n) is 5.85. The molecule has 2 heterocycles. The number of aromatic nitrogens is 2. The molecule has 0 atom stereocenters. The van der Waals surface area contributed by atoms with Gasteiger partial charge in [0.15, 0.2) is 5.82 Å². The number of alkyl halides is 3. The van der Waals surface area contributed by atoms with Crippen LogP contribution in [0.5, 0.6) is 0 Å². The highest BCUT2D eigenvalue weighted by Crippen LogP contribution is 2.23. The summed E-state index contributed by atoms with van der Waals surface area (Å²) in [4.78, 5) is 13.1. The zero-order chi connectivity index (χ0) is 17.9. The quantitative estimate of drug-likeness (QED) is 0.918. The molecule has 1 saturated heterocycles. The van der Waals surface area contributed by atoms with Gasteiger partial charge in [-0.1, -0.05) is 12.1 Å². The summed E-state index contributed by atoms with van der Waals surface area (Å²) in [5, 5.41) is 10.2. The molecule has 1 amide bonds. The molecule has 0 aliphatic carbocycles. The fraction of sp³-hybridized carbons (Fsp3) is 0.353. The Kier molecular flexibility index (Phi) is 4.87. The third-order valence-electron chi connectivity index (χ3n) is 4.03. The number of rotatable bonds is 3. The predicted octanol–water partition coefficient (Wildman–Crippen LogP) is 3.63. The Morgan fingerprint density at radius 2 is 1.64 bits per heavy atom. The van der Waals surface area contributed by atoms with Gasteiger partial charge in [-0.3, -0.25) is 4.79 Å². The van der Waals surface area contributed by atoms with Gasteiger partial charge in [0.2, 0.25) is 0 Å². The van der Waals surface area contributed by atoms with Crippen LogP contribution in [-0.4, -0.2) is 35.4 Å². The minimum absolute atomic E-state index is 0.0731. The number of amides is 1. The number of carbonyl (C=O) groups excluding carboxylic acids is 1. The Labute approximate surface area is 142 Å². The predicted molar refractivity (Wildman–Crippen MR) is 88.2 cm³/mol. The molecule has 1 aliphatic heterocycles. The van der Waals surface area contributed by atoms with Crippen molar-refractivity contribution >= 4 is 17.4 Å². The molecular formula is C17H17F3N4O. The second kappa shape index (κ2) is 7.08. The highest BCUT2D eigenvalue weighted by atomic mass is 19.4. The van der Waals surface area contributed by atoms with Crippen molar-refractivity contribution in [2.45, 2.75) is 25.4 Å².